The fourth-order valence-electron chi connectivity index (χ4n) is 3.05. The lowest BCUT2D eigenvalue weighted by molar-refractivity contribution is -0.140. The van der Waals surface area contributed by atoms with Gasteiger partial charge in [-0.2, -0.15) is 0 Å². The van der Waals surface area contributed by atoms with Gasteiger partial charge in [-0.05, 0) is 44.0 Å². The van der Waals surface area contributed by atoms with Crippen molar-refractivity contribution in [3.63, 3.8) is 0 Å². The largest absolute Gasteiger partial charge is 0.494 e. The summed E-state index contributed by atoms with van der Waals surface area (Å²) in [6.07, 6.45) is 2.65. The quantitative estimate of drug-likeness (QED) is 0.422. The number of carbonyl (C=O) groups is 2. The second kappa shape index (κ2) is 13.2. The Morgan fingerprint density at radius 2 is 1.71 bits per heavy atom. The molecule has 7 heteroatoms. The molecular weight excluding hydrogens is 435 g/mol. The van der Waals surface area contributed by atoms with E-state index >= 15 is 0 Å². The minimum atomic E-state index is -0.647. The van der Waals surface area contributed by atoms with E-state index in [-0.39, 0.29) is 24.8 Å². The zero-order valence-corrected chi connectivity index (χ0v) is 19.6. The zero-order valence-electron chi connectivity index (χ0n) is 18.1. The summed E-state index contributed by atoms with van der Waals surface area (Å²) in [6, 6.07) is 14.0. The molecule has 2 amide bonds. The van der Waals surface area contributed by atoms with Crippen molar-refractivity contribution < 1.29 is 14.3 Å². The van der Waals surface area contributed by atoms with Gasteiger partial charge in [-0.15, -0.1) is 0 Å². The van der Waals surface area contributed by atoms with E-state index in [1.807, 2.05) is 30.3 Å². The molecule has 1 N–H and O–H groups in total. The molecule has 0 saturated heterocycles. The topological polar surface area (TPSA) is 58.6 Å². The first-order chi connectivity index (χ1) is 14.9. The molecule has 0 radical (unpaired) electrons. The summed E-state index contributed by atoms with van der Waals surface area (Å²) in [5.41, 5.74) is 0.632. The third-order valence-corrected chi connectivity index (χ3v) is 5.64. The maximum atomic E-state index is 13.1. The molecule has 0 bridgehead atoms. The molecule has 2 aromatic carbocycles. The summed E-state index contributed by atoms with van der Waals surface area (Å²) in [4.78, 5) is 27.2. The predicted octanol–water partition coefficient (Wildman–Crippen LogP) is 5.49. The number of rotatable bonds is 12. The van der Waals surface area contributed by atoms with Crippen LogP contribution in [0.4, 0.5) is 0 Å². The molecule has 0 aliphatic rings. The van der Waals surface area contributed by atoms with E-state index in [2.05, 4.69) is 12.2 Å². The number of halogens is 2. The number of unbranched alkanes of at least 4 members (excludes halogenated alkanes) is 1. The maximum absolute atomic E-state index is 13.1. The highest BCUT2D eigenvalue weighted by molar-refractivity contribution is 6.36. The predicted molar refractivity (Wildman–Crippen MR) is 126 cm³/mol. The van der Waals surface area contributed by atoms with Gasteiger partial charge in [0.2, 0.25) is 11.8 Å². The van der Waals surface area contributed by atoms with Crippen molar-refractivity contribution in [1.29, 1.82) is 0 Å². The number of nitrogens with one attached hydrogen (secondary N) is 1. The van der Waals surface area contributed by atoms with Gasteiger partial charge in [-0.1, -0.05) is 60.8 Å². The lowest BCUT2D eigenvalue weighted by Gasteiger charge is -2.29. The van der Waals surface area contributed by atoms with Gasteiger partial charge in [0.1, 0.15) is 11.8 Å². The molecule has 2 rings (SSSR count). The third-order valence-electron chi connectivity index (χ3n) is 4.93. The van der Waals surface area contributed by atoms with Crippen molar-refractivity contribution in [1.82, 2.24) is 10.2 Å². The summed E-state index contributed by atoms with van der Waals surface area (Å²) >= 11 is 12.6. The van der Waals surface area contributed by atoms with Crippen LogP contribution in [0, 0.1) is 0 Å². The van der Waals surface area contributed by atoms with E-state index in [0.29, 0.717) is 35.2 Å². The maximum Gasteiger partial charge on any atom is 0.242 e. The summed E-state index contributed by atoms with van der Waals surface area (Å²) < 4.78 is 5.67. The van der Waals surface area contributed by atoms with Crippen LogP contribution in [0.2, 0.25) is 10.0 Å². The Morgan fingerprint density at radius 1 is 1.03 bits per heavy atom. The highest BCUT2D eigenvalue weighted by Gasteiger charge is 2.27. The monoisotopic (exact) mass is 464 g/mol. The van der Waals surface area contributed by atoms with Crippen LogP contribution in [0.3, 0.4) is 0 Å². The molecule has 1 atom stereocenters. The fourth-order valence-corrected chi connectivity index (χ4v) is 3.56. The number of nitrogens with zero attached hydrogens (tertiary/aromatic N) is 1. The van der Waals surface area contributed by atoms with Gasteiger partial charge in [0.05, 0.1) is 6.61 Å². The lowest BCUT2D eigenvalue weighted by Crippen LogP contribution is -2.47. The summed E-state index contributed by atoms with van der Waals surface area (Å²) in [5, 5.41) is 3.84. The van der Waals surface area contributed by atoms with Gasteiger partial charge in [-0.3, -0.25) is 9.59 Å². The fraction of sp³-hybridized carbons (Fsp3) is 0.417. The van der Waals surface area contributed by atoms with Crippen LogP contribution in [0.15, 0.2) is 48.5 Å². The van der Waals surface area contributed by atoms with Crippen molar-refractivity contribution in [2.45, 2.75) is 52.1 Å². The molecule has 0 heterocycles. The van der Waals surface area contributed by atoms with Crippen molar-refractivity contribution in [2.24, 2.45) is 0 Å². The Morgan fingerprint density at radius 3 is 2.35 bits per heavy atom. The minimum Gasteiger partial charge on any atom is -0.494 e. The Labute approximate surface area is 194 Å². The normalized spacial score (nSPS) is 11.6. The minimum absolute atomic E-state index is 0.147. The third kappa shape index (κ3) is 8.08. The molecule has 2 aromatic rings. The first kappa shape index (κ1) is 25.0. The highest BCUT2D eigenvalue weighted by Crippen LogP contribution is 2.27. The van der Waals surface area contributed by atoms with Gasteiger partial charge < -0.3 is 15.0 Å². The summed E-state index contributed by atoms with van der Waals surface area (Å²) in [6.45, 7) is 4.94. The molecule has 0 aromatic heterocycles. The van der Waals surface area contributed by atoms with E-state index in [9.17, 15) is 9.59 Å². The van der Waals surface area contributed by atoms with Gasteiger partial charge in [0.25, 0.3) is 0 Å². The number of hydrogen-bond donors (Lipinski definition) is 1. The van der Waals surface area contributed by atoms with Gasteiger partial charge >= 0.3 is 0 Å². The first-order valence-corrected chi connectivity index (χ1v) is 11.4. The molecule has 168 valence electrons. The Balaban J connectivity index is 2.04. The molecule has 0 spiro atoms. The average Bonchev–Trinajstić information content (AvgIpc) is 2.77. The first-order valence-electron chi connectivity index (χ1n) is 10.6. The van der Waals surface area contributed by atoms with Crippen LogP contribution in [-0.4, -0.2) is 35.9 Å². The molecular formula is C24H30Cl2N2O3. The average molecular weight is 465 g/mol. The molecule has 0 fully saturated rings. The van der Waals surface area contributed by atoms with Crippen molar-refractivity contribution in [2.75, 3.05) is 13.2 Å². The number of hydrogen-bond acceptors (Lipinski definition) is 3. The summed E-state index contributed by atoms with van der Waals surface area (Å²) in [5.74, 6) is 0.426. The van der Waals surface area contributed by atoms with Gasteiger partial charge in [0.15, 0.2) is 0 Å². The van der Waals surface area contributed by atoms with Crippen molar-refractivity contribution in [3.05, 3.63) is 64.1 Å². The lowest BCUT2D eigenvalue weighted by atomic mass is 10.1. The summed E-state index contributed by atoms with van der Waals surface area (Å²) in [7, 11) is 0. The van der Waals surface area contributed by atoms with Crippen LogP contribution in [0.1, 0.15) is 45.1 Å². The van der Waals surface area contributed by atoms with Crippen LogP contribution in [0.25, 0.3) is 0 Å². The molecule has 0 unspecified atom stereocenters. The number of amides is 2. The number of benzene rings is 2. The van der Waals surface area contributed by atoms with Crippen molar-refractivity contribution in [3.8, 4) is 5.75 Å². The van der Waals surface area contributed by atoms with Crippen LogP contribution < -0.4 is 10.1 Å². The van der Waals surface area contributed by atoms with E-state index in [4.69, 9.17) is 27.9 Å². The Hall–Kier alpha value is -2.24. The number of ether oxygens (including phenoxy) is 1. The second-order valence-electron chi connectivity index (χ2n) is 7.31. The van der Waals surface area contributed by atoms with Crippen molar-refractivity contribution >= 4 is 35.0 Å². The smallest absolute Gasteiger partial charge is 0.242 e. The van der Waals surface area contributed by atoms with E-state index in [1.54, 1.807) is 25.1 Å². The number of carbonyl (C=O) groups excluding carboxylic acids is 2. The second-order valence-corrected chi connectivity index (χ2v) is 8.12. The molecule has 5 nitrogen and oxygen atoms in total. The van der Waals surface area contributed by atoms with E-state index in [1.165, 1.54) is 4.90 Å². The van der Waals surface area contributed by atoms with Crippen LogP contribution in [0.5, 0.6) is 5.75 Å². The molecule has 0 saturated carbocycles. The Bertz CT molecular complexity index is 826. The van der Waals surface area contributed by atoms with Gasteiger partial charge in [-0.25, -0.2) is 0 Å². The standard InChI is InChI=1S/C24H30Cl2N2O3/c1-3-4-15-27-24(30)18(2)28(17-20-21(25)12-8-13-22(20)26)23(29)14-9-16-31-19-10-6-5-7-11-19/h5-8,10-13,18H,3-4,9,14-17H2,1-2H3,(H,27,30)/t18-/m0/s1. The Kier molecular flexibility index (Phi) is 10.7. The van der Waals surface area contributed by atoms with E-state index < -0.39 is 6.04 Å². The molecule has 31 heavy (non-hydrogen) atoms. The zero-order chi connectivity index (χ0) is 22.6. The van der Waals surface area contributed by atoms with Gasteiger partial charge in [0, 0.05) is 35.1 Å². The SMILES string of the molecule is CCCCNC(=O)[C@H](C)N(Cc1c(Cl)cccc1Cl)C(=O)CCCOc1ccccc1. The van der Waals surface area contributed by atoms with Crippen LogP contribution in [-0.2, 0) is 16.1 Å². The van der Waals surface area contributed by atoms with E-state index in [0.717, 1.165) is 18.6 Å². The number of para-hydroxylation sites is 1. The molecule has 0 aliphatic carbocycles. The highest BCUT2D eigenvalue weighted by atomic mass is 35.5. The van der Waals surface area contributed by atoms with Crippen LogP contribution >= 0.6 is 23.2 Å². The molecule has 0 aliphatic heterocycles.